The summed E-state index contributed by atoms with van der Waals surface area (Å²) in [5, 5.41) is 5.33. The minimum absolute atomic E-state index is 0.257. The van der Waals surface area contributed by atoms with Gasteiger partial charge in [-0.2, -0.15) is 0 Å². The zero-order valence-electron chi connectivity index (χ0n) is 11.4. The molecule has 0 saturated carbocycles. The van der Waals surface area contributed by atoms with Crippen LogP contribution >= 0.6 is 46.1 Å². The number of thiophene rings is 1. The van der Waals surface area contributed by atoms with Crippen molar-refractivity contribution in [3.63, 3.8) is 0 Å². The number of amides is 1. The van der Waals surface area contributed by atoms with E-state index >= 15 is 0 Å². The first kappa shape index (κ1) is 15.6. The van der Waals surface area contributed by atoms with Gasteiger partial charge in [-0.3, -0.25) is 4.79 Å². The van der Waals surface area contributed by atoms with Crippen LogP contribution in [0.1, 0.15) is 15.2 Å². The quantitative estimate of drug-likeness (QED) is 0.554. The predicted molar refractivity (Wildman–Crippen MR) is 96.0 cm³/mol. The molecule has 0 radical (unpaired) electrons. The third kappa shape index (κ3) is 2.82. The number of anilines is 1. The van der Waals surface area contributed by atoms with Gasteiger partial charge in [-0.25, -0.2) is 0 Å². The van der Waals surface area contributed by atoms with Crippen molar-refractivity contribution < 1.29 is 4.79 Å². The monoisotopic (exact) mass is 369 g/mol. The highest BCUT2D eigenvalue weighted by atomic mass is 35.5. The molecule has 1 heterocycles. The molecule has 6 heteroatoms. The molecular formula is C16H10Cl3NOS. The first-order valence-corrected chi connectivity index (χ1v) is 8.36. The van der Waals surface area contributed by atoms with Crippen LogP contribution in [0.25, 0.3) is 10.1 Å². The molecule has 1 aromatic heterocycles. The predicted octanol–water partition coefficient (Wildman–Crippen LogP) is 6.42. The number of benzene rings is 2. The van der Waals surface area contributed by atoms with Gasteiger partial charge in [-0.1, -0.05) is 46.9 Å². The van der Waals surface area contributed by atoms with Crippen molar-refractivity contribution in [1.29, 1.82) is 0 Å². The summed E-state index contributed by atoms with van der Waals surface area (Å²) in [6.45, 7) is 1.85. The average molecular weight is 371 g/mol. The second-order valence-electron chi connectivity index (χ2n) is 4.75. The van der Waals surface area contributed by atoms with Crippen molar-refractivity contribution in [1.82, 2.24) is 0 Å². The van der Waals surface area contributed by atoms with Crippen LogP contribution in [-0.4, -0.2) is 5.91 Å². The normalized spacial score (nSPS) is 10.9. The van der Waals surface area contributed by atoms with Gasteiger partial charge in [0.1, 0.15) is 4.88 Å². The minimum atomic E-state index is -0.257. The zero-order valence-corrected chi connectivity index (χ0v) is 14.5. The molecule has 0 fully saturated rings. The topological polar surface area (TPSA) is 29.1 Å². The number of hydrogen-bond donors (Lipinski definition) is 1. The van der Waals surface area contributed by atoms with Gasteiger partial charge in [0.15, 0.2) is 0 Å². The highest BCUT2D eigenvalue weighted by Crippen LogP contribution is 2.37. The summed E-state index contributed by atoms with van der Waals surface area (Å²) in [4.78, 5) is 12.9. The third-order valence-corrected chi connectivity index (χ3v) is 5.61. The van der Waals surface area contributed by atoms with E-state index < -0.39 is 0 Å². The fourth-order valence-electron chi connectivity index (χ4n) is 2.11. The lowest BCUT2D eigenvalue weighted by Gasteiger charge is -2.08. The first-order chi connectivity index (χ1) is 10.5. The van der Waals surface area contributed by atoms with Gasteiger partial charge in [-0.05, 0) is 36.8 Å². The molecule has 1 amide bonds. The molecule has 0 aliphatic carbocycles. The molecule has 3 aromatic rings. The molecule has 1 N–H and O–H groups in total. The van der Waals surface area contributed by atoms with E-state index in [1.54, 1.807) is 30.3 Å². The Morgan fingerprint density at radius 3 is 2.68 bits per heavy atom. The van der Waals surface area contributed by atoms with Crippen molar-refractivity contribution >= 4 is 67.8 Å². The third-order valence-electron chi connectivity index (χ3n) is 3.31. The van der Waals surface area contributed by atoms with Crippen molar-refractivity contribution in [2.24, 2.45) is 0 Å². The van der Waals surface area contributed by atoms with E-state index in [0.29, 0.717) is 25.6 Å². The number of fused-ring (bicyclic) bond motifs is 1. The maximum Gasteiger partial charge on any atom is 0.267 e. The lowest BCUT2D eigenvalue weighted by atomic mass is 10.2. The molecule has 0 unspecified atom stereocenters. The molecule has 22 heavy (non-hydrogen) atoms. The van der Waals surface area contributed by atoms with Crippen LogP contribution in [0.5, 0.6) is 0 Å². The fourth-order valence-corrected chi connectivity index (χ4v) is 3.97. The molecule has 112 valence electrons. The Morgan fingerprint density at radius 2 is 1.91 bits per heavy atom. The summed E-state index contributed by atoms with van der Waals surface area (Å²) in [6, 6.07) is 10.7. The number of halogens is 3. The van der Waals surface area contributed by atoms with Gasteiger partial charge in [0.25, 0.3) is 5.91 Å². The van der Waals surface area contributed by atoms with Gasteiger partial charge in [0.2, 0.25) is 0 Å². The van der Waals surface area contributed by atoms with Crippen LogP contribution in [-0.2, 0) is 0 Å². The van der Waals surface area contributed by atoms with Crippen LogP contribution in [0.15, 0.2) is 36.4 Å². The van der Waals surface area contributed by atoms with Crippen LogP contribution in [0, 0.1) is 6.92 Å². The van der Waals surface area contributed by atoms with Gasteiger partial charge in [0, 0.05) is 25.8 Å². The maximum atomic E-state index is 12.5. The molecule has 0 spiro atoms. The van der Waals surface area contributed by atoms with Crippen LogP contribution in [0.3, 0.4) is 0 Å². The van der Waals surface area contributed by atoms with E-state index in [1.165, 1.54) is 11.3 Å². The van der Waals surface area contributed by atoms with Crippen LogP contribution in [0.2, 0.25) is 15.1 Å². The standard InChI is InChI=1S/C16H10Cl3NOS/c1-8-11(18)3-2-4-12(8)20-16(21)15-14(19)10-6-5-9(17)7-13(10)22-15/h2-7H,1H3,(H,20,21). The Hall–Kier alpha value is -1.26. The number of hydrogen-bond acceptors (Lipinski definition) is 2. The van der Waals surface area contributed by atoms with Crippen molar-refractivity contribution in [3.8, 4) is 0 Å². The average Bonchev–Trinajstić information content (AvgIpc) is 2.80. The number of rotatable bonds is 2. The molecular weight excluding hydrogens is 361 g/mol. The highest BCUT2D eigenvalue weighted by molar-refractivity contribution is 7.21. The molecule has 0 atom stereocenters. The van der Waals surface area contributed by atoms with E-state index in [2.05, 4.69) is 5.32 Å². The summed E-state index contributed by atoms with van der Waals surface area (Å²) < 4.78 is 0.880. The number of carbonyl (C=O) groups excluding carboxylic acids is 1. The second kappa shape index (κ2) is 6.09. The molecule has 0 bridgehead atoms. The summed E-state index contributed by atoms with van der Waals surface area (Å²) in [7, 11) is 0. The van der Waals surface area contributed by atoms with Gasteiger partial charge >= 0.3 is 0 Å². The molecule has 0 aliphatic rings. The summed E-state index contributed by atoms with van der Waals surface area (Å²) in [5.74, 6) is -0.257. The van der Waals surface area contributed by atoms with Crippen molar-refractivity contribution in [2.75, 3.05) is 5.32 Å². The Kier molecular flexibility index (Phi) is 4.33. The van der Waals surface area contributed by atoms with E-state index in [9.17, 15) is 4.79 Å². The van der Waals surface area contributed by atoms with Crippen LogP contribution in [0.4, 0.5) is 5.69 Å². The smallest absolute Gasteiger partial charge is 0.267 e. The summed E-state index contributed by atoms with van der Waals surface area (Å²) in [6.07, 6.45) is 0. The van der Waals surface area contributed by atoms with Crippen molar-refractivity contribution in [2.45, 2.75) is 6.92 Å². The van der Waals surface area contributed by atoms with Gasteiger partial charge in [-0.15, -0.1) is 11.3 Å². The Bertz CT molecular complexity index is 888. The highest BCUT2D eigenvalue weighted by Gasteiger charge is 2.18. The summed E-state index contributed by atoms with van der Waals surface area (Å²) >= 11 is 19.7. The molecule has 3 rings (SSSR count). The molecule has 0 aliphatic heterocycles. The maximum absolute atomic E-state index is 12.5. The number of carbonyl (C=O) groups is 1. The Labute approximate surface area is 146 Å². The SMILES string of the molecule is Cc1c(Cl)cccc1NC(=O)c1sc2cc(Cl)ccc2c1Cl. The van der Waals surface area contributed by atoms with Crippen molar-refractivity contribution in [3.05, 3.63) is 61.9 Å². The molecule has 2 nitrogen and oxygen atoms in total. The molecule has 0 saturated heterocycles. The zero-order chi connectivity index (χ0) is 15.9. The van der Waals surface area contributed by atoms with E-state index in [1.807, 2.05) is 13.0 Å². The second-order valence-corrected chi connectivity index (χ2v) is 7.03. The minimum Gasteiger partial charge on any atom is -0.321 e. The van der Waals surface area contributed by atoms with E-state index in [4.69, 9.17) is 34.8 Å². The first-order valence-electron chi connectivity index (χ1n) is 6.41. The lowest BCUT2D eigenvalue weighted by molar-refractivity contribution is 0.103. The Balaban J connectivity index is 1.99. The lowest BCUT2D eigenvalue weighted by Crippen LogP contribution is -2.11. The van der Waals surface area contributed by atoms with Gasteiger partial charge in [0.05, 0.1) is 5.02 Å². The van der Waals surface area contributed by atoms with E-state index in [0.717, 1.165) is 15.6 Å². The van der Waals surface area contributed by atoms with Gasteiger partial charge < -0.3 is 5.32 Å². The fraction of sp³-hybridized carbons (Fsp3) is 0.0625. The largest absolute Gasteiger partial charge is 0.321 e. The molecule has 2 aromatic carbocycles. The number of nitrogens with one attached hydrogen (secondary N) is 1. The Morgan fingerprint density at radius 1 is 1.14 bits per heavy atom. The van der Waals surface area contributed by atoms with E-state index in [-0.39, 0.29) is 5.91 Å². The van der Waals surface area contributed by atoms with Crippen LogP contribution < -0.4 is 5.32 Å². The summed E-state index contributed by atoms with van der Waals surface area (Å²) in [5.41, 5.74) is 1.49.